The second kappa shape index (κ2) is 20.1. The smallest absolute Gasteiger partial charge is 0.0109 e. The maximum atomic E-state index is 2.28. The van der Waals surface area contributed by atoms with Crippen molar-refractivity contribution >= 4 is 60.8 Å². The topological polar surface area (TPSA) is 0 Å². The van der Waals surface area contributed by atoms with E-state index >= 15 is 0 Å². The van der Waals surface area contributed by atoms with Crippen LogP contribution in [0.5, 0.6) is 0 Å². The van der Waals surface area contributed by atoms with E-state index in [1.807, 2.05) is 0 Å². The van der Waals surface area contributed by atoms with Crippen molar-refractivity contribution in [2.45, 2.75) is 127 Å². The fourth-order valence-corrected chi connectivity index (χ4v) is 19.8. The second-order valence-electron chi connectivity index (χ2n) is 20.9. The molecule has 0 radical (unpaired) electrons. The van der Waals surface area contributed by atoms with E-state index in [9.17, 15) is 0 Å². The summed E-state index contributed by atoms with van der Waals surface area (Å²) in [5, 5.41) is 9.34. The predicted octanol–water partition coefficient (Wildman–Crippen LogP) is 13.6. The van der Waals surface area contributed by atoms with Crippen molar-refractivity contribution in [3.05, 3.63) is 151 Å². The molecule has 4 heteroatoms. The van der Waals surface area contributed by atoms with Gasteiger partial charge in [0.15, 0.2) is 0 Å². The summed E-state index contributed by atoms with van der Waals surface area (Å²) in [6, 6.07) is 49.1. The van der Waals surface area contributed by atoms with Gasteiger partial charge in [0.05, 0.1) is 0 Å². The normalized spacial score (nSPS) is 29.4. The van der Waals surface area contributed by atoms with E-state index in [2.05, 4.69) is 174 Å². The summed E-state index contributed by atoms with van der Waals surface area (Å²) in [5.74, 6) is 6.99. The Morgan fingerprint density at radius 1 is 0.383 bits per heavy atom. The van der Waals surface area contributed by atoms with Gasteiger partial charge in [0.2, 0.25) is 0 Å². The number of hydrogen-bond donors (Lipinski definition) is 0. The molecule has 0 amide bonds. The summed E-state index contributed by atoms with van der Waals surface area (Å²) < 4.78 is 0. The maximum Gasteiger partial charge on any atom is -0.0109 e. The fourth-order valence-electron chi connectivity index (χ4n) is 12.8. The van der Waals surface area contributed by atoms with Crippen molar-refractivity contribution in [2.75, 3.05) is 0 Å². The largest absolute Gasteiger partial charge is 0.109 e. The van der Waals surface area contributed by atoms with Gasteiger partial charge in [-0.3, -0.25) is 0 Å². The number of benzene rings is 5. The Hall–Kier alpha value is -2.18. The zero-order valence-corrected chi connectivity index (χ0v) is 41.2. The molecular weight excluding hydrogens is 797 g/mol. The molecular formula is C56H72P4. The van der Waals surface area contributed by atoms with Gasteiger partial charge in [0, 0.05) is 0 Å². The van der Waals surface area contributed by atoms with Gasteiger partial charge in [0.25, 0.3) is 0 Å². The van der Waals surface area contributed by atoms with Crippen molar-refractivity contribution in [2.24, 2.45) is 35.5 Å². The van der Waals surface area contributed by atoms with Gasteiger partial charge in [-0.1, -0.05) is 186 Å². The lowest BCUT2D eigenvalue weighted by Gasteiger charge is -2.63. The molecule has 0 aliphatic heterocycles. The quantitative estimate of drug-likeness (QED) is 0.143. The SMILES string of the molecule is C1C2CC3CC1CC(PC14CC5CC(CC(C5)C1)C4)(C2)C3.CC(C)(C)Pc1ccccc1.Cc1ccccc1Pc1ccccc1C.c1ccc(Pc2ccccc2)cc1. The molecule has 8 aliphatic rings. The van der Waals surface area contributed by atoms with E-state index in [1.54, 1.807) is 77.0 Å². The van der Waals surface area contributed by atoms with Crippen LogP contribution in [0.1, 0.15) is 109 Å². The lowest BCUT2D eigenvalue weighted by Crippen LogP contribution is -2.53. The van der Waals surface area contributed by atoms with Crippen molar-refractivity contribution in [3.8, 4) is 0 Å². The van der Waals surface area contributed by atoms with Crippen LogP contribution < -0.4 is 26.5 Å². The Labute approximate surface area is 372 Å². The van der Waals surface area contributed by atoms with E-state index in [-0.39, 0.29) is 0 Å². The summed E-state index contributed by atoms with van der Waals surface area (Å²) in [6.45, 7) is 11.2. The molecule has 0 spiro atoms. The molecule has 8 fully saturated rings. The number of hydrogen-bond acceptors (Lipinski definition) is 0. The first-order valence-corrected chi connectivity index (χ1v) is 27.4. The summed E-state index contributed by atoms with van der Waals surface area (Å²) in [5.41, 5.74) is 2.78. The molecule has 60 heavy (non-hydrogen) atoms. The molecule has 0 nitrogen and oxygen atoms in total. The molecule has 0 saturated heterocycles. The van der Waals surface area contributed by atoms with E-state index < -0.39 is 0 Å². The minimum atomic E-state index is 0.432. The zero-order valence-electron chi connectivity index (χ0n) is 37.2. The number of aryl methyl sites for hydroxylation is 2. The van der Waals surface area contributed by atoms with Gasteiger partial charge < -0.3 is 0 Å². The van der Waals surface area contributed by atoms with E-state index in [4.69, 9.17) is 0 Å². The highest BCUT2D eigenvalue weighted by atomic mass is 31.1. The summed E-state index contributed by atoms with van der Waals surface area (Å²) >= 11 is 0. The first kappa shape index (κ1) is 44.4. The van der Waals surface area contributed by atoms with Crippen molar-refractivity contribution in [3.63, 3.8) is 0 Å². The van der Waals surface area contributed by atoms with Crippen LogP contribution in [-0.4, -0.2) is 15.5 Å². The third kappa shape index (κ3) is 12.3. The Morgan fingerprint density at radius 2 is 0.683 bits per heavy atom. The van der Waals surface area contributed by atoms with Crippen LogP contribution in [0, 0.1) is 49.4 Å². The molecule has 0 aromatic heterocycles. The Kier molecular flexibility index (Phi) is 14.9. The Morgan fingerprint density at radius 3 is 1.00 bits per heavy atom. The van der Waals surface area contributed by atoms with Gasteiger partial charge in [-0.05, 0) is 180 Å². The summed E-state index contributed by atoms with van der Waals surface area (Å²) in [7, 11) is 3.84. The van der Waals surface area contributed by atoms with Crippen LogP contribution in [0.25, 0.3) is 0 Å². The van der Waals surface area contributed by atoms with Gasteiger partial charge in [-0.25, -0.2) is 0 Å². The fraction of sp³-hybridized carbons (Fsp3) is 0.464. The van der Waals surface area contributed by atoms with Crippen molar-refractivity contribution in [1.82, 2.24) is 0 Å². The Balaban J connectivity index is 0.000000115. The highest BCUT2D eigenvalue weighted by molar-refractivity contribution is 7.56. The molecule has 0 N–H and O–H groups in total. The lowest BCUT2D eigenvalue weighted by molar-refractivity contribution is 0.0210. The molecule has 1 atom stereocenters. The molecule has 8 aliphatic carbocycles. The van der Waals surface area contributed by atoms with E-state index in [0.29, 0.717) is 5.16 Å². The molecule has 13 rings (SSSR count). The molecule has 8 saturated carbocycles. The van der Waals surface area contributed by atoms with Crippen LogP contribution in [0.2, 0.25) is 0 Å². The average molecular weight is 869 g/mol. The minimum Gasteiger partial charge on any atom is -0.109 e. The van der Waals surface area contributed by atoms with Gasteiger partial charge in [-0.15, -0.1) is 8.58 Å². The predicted molar refractivity (Wildman–Crippen MR) is 275 cm³/mol. The van der Waals surface area contributed by atoms with Gasteiger partial charge in [-0.2, -0.15) is 0 Å². The standard InChI is InChI=1S/C20H31P.C14H15P.C12H11P.C10H15P/c1-13-2-15-3-14(1)8-19(7-13,9-15)21-20-10-16-4-17(11-20)6-18(5-16)12-20;1-11-7-3-5-9-13(11)15-14-10-6-4-8-12(14)2;1-3-7-11(8-4-1)13-12-9-5-2-6-10-12;1-10(2,3)11-9-7-5-4-6-8-9/h13-18,21H,1-12H2;3-10,15H,1-2H3;1-10,13H;4-8,11H,1-3H3. The molecule has 5 aromatic carbocycles. The maximum absolute atomic E-state index is 2.28. The van der Waals surface area contributed by atoms with Crippen LogP contribution in [0.15, 0.2) is 140 Å². The average Bonchev–Trinajstić information content (AvgIpc) is 3.20. The monoisotopic (exact) mass is 868 g/mol. The molecule has 316 valence electrons. The van der Waals surface area contributed by atoms with E-state index in [1.165, 1.54) is 46.2 Å². The number of rotatable bonds is 7. The highest BCUT2D eigenvalue weighted by Gasteiger charge is 2.57. The lowest BCUT2D eigenvalue weighted by atomic mass is 9.55. The first-order chi connectivity index (χ1) is 29.0. The first-order valence-electron chi connectivity index (χ1n) is 23.4. The van der Waals surface area contributed by atoms with Gasteiger partial charge in [0.1, 0.15) is 0 Å². The molecule has 5 aromatic rings. The van der Waals surface area contributed by atoms with Crippen molar-refractivity contribution in [1.29, 1.82) is 0 Å². The molecule has 8 bridgehead atoms. The van der Waals surface area contributed by atoms with Gasteiger partial charge >= 0.3 is 0 Å². The third-order valence-corrected chi connectivity index (χ3v) is 20.9. The van der Waals surface area contributed by atoms with Crippen LogP contribution in [0.4, 0.5) is 0 Å². The van der Waals surface area contributed by atoms with Crippen LogP contribution in [0.3, 0.4) is 0 Å². The van der Waals surface area contributed by atoms with E-state index in [0.717, 1.165) is 71.6 Å². The summed E-state index contributed by atoms with van der Waals surface area (Å²) in [6.07, 6.45) is 19.8. The van der Waals surface area contributed by atoms with Crippen molar-refractivity contribution < 1.29 is 0 Å². The summed E-state index contributed by atoms with van der Waals surface area (Å²) in [4.78, 5) is 0. The van der Waals surface area contributed by atoms with Crippen LogP contribution >= 0.6 is 34.3 Å². The Bertz CT molecular complexity index is 1890. The molecule has 1 unspecified atom stereocenters. The minimum absolute atomic E-state index is 0.432. The second-order valence-corrected chi connectivity index (χ2v) is 28.3. The third-order valence-electron chi connectivity index (χ3n) is 14.3. The molecule has 0 heterocycles. The van der Waals surface area contributed by atoms with Crippen LogP contribution in [-0.2, 0) is 0 Å². The highest BCUT2D eigenvalue weighted by Crippen LogP contribution is 2.71. The zero-order chi connectivity index (χ0) is 41.6.